The number of nitrogens with one attached hydrogen (secondary N) is 1. The Kier molecular flexibility index (Phi) is 4.04. The van der Waals surface area contributed by atoms with Crippen LogP contribution in [0.4, 0.5) is 11.4 Å². The molecule has 1 N–H and O–H groups in total. The molecule has 0 radical (unpaired) electrons. The average molecular weight is 263 g/mol. The molecular formula is C14H21N3O2. The zero-order chi connectivity index (χ0) is 14.0. The van der Waals surface area contributed by atoms with Crippen LogP contribution in [0, 0.1) is 16.0 Å². The van der Waals surface area contributed by atoms with Gasteiger partial charge in [-0.25, -0.2) is 0 Å². The summed E-state index contributed by atoms with van der Waals surface area (Å²) in [5.74, 6) is 0.710. The highest BCUT2D eigenvalue weighted by molar-refractivity contribution is 5.62. The van der Waals surface area contributed by atoms with Crippen molar-refractivity contribution in [3.05, 3.63) is 33.9 Å². The Bertz CT molecular complexity index is 476. The molecule has 1 aliphatic heterocycles. The molecule has 104 valence electrons. The molecule has 19 heavy (non-hydrogen) atoms. The van der Waals surface area contributed by atoms with E-state index in [9.17, 15) is 10.1 Å². The minimum Gasteiger partial charge on any atom is -0.383 e. The van der Waals surface area contributed by atoms with E-state index in [1.54, 1.807) is 19.2 Å². The largest absolute Gasteiger partial charge is 0.383 e. The fraction of sp³-hybridized carbons (Fsp3) is 0.571. The minimum absolute atomic E-state index is 0.153. The Balaban J connectivity index is 2.17. The van der Waals surface area contributed by atoms with E-state index < -0.39 is 0 Å². The van der Waals surface area contributed by atoms with E-state index in [4.69, 9.17) is 0 Å². The number of nitrogens with zero attached hydrogens (tertiary/aromatic N) is 2. The predicted octanol–water partition coefficient (Wildman–Crippen LogP) is 2.87. The van der Waals surface area contributed by atoms with Gasteiger partial charge in [0.05, 0.1) is 4.92 Å². The number of hydrogen-bond donors (Lipinski definition) is 1. The van der Waals surface area contributed by atoms with E-state index in [2.05, 4.69) is 24.1 Å². The summed E-state index contributed by atoms with van der Waals surface area (Å²) in [6, 6.07) is 5.99. The summed E-state index contributed by atoms with van der Waals surface area (Å²) in [6.45, 7) is 6.34. The fourth-order valence-electron chi connectivity index (χ4n) is 2.88. The molecular weight excluding hydrogens is 242 g/mol. The molecule has 1 fully saturated rings. The molecule has 2 rings (SSSR count). The number of hydrogen-bond acceptors (Lipinski definition) is 4. The molecule has 1 saturated heterocycles. The first-order valence-corrected chi connectivity index (χ1v) is 6.70. The van der Waals surface area contributed by atoms with Crippen molar-refractivity contribution in [2.75, 3.05) is 18.9 Å². The highest BCUT2D eigenvalue weighted by atomic mass is 16.6. The molecule has 1 aromatic rings. The zero-order valence-electron chi connectivity index (χ0n) is 11.7. The number of rotatable bonds is 4. The summed E-state index contributed by atoms with van der Waals surface area (Å²) >= 11 is 0. The summed E-state index contributed by atoms with van der Waals surface area (Å²) in [5, 5.41) is 13.9. The zero-order valence-corrected chi connectivity index (χ0v) is 11.7. The van der Waals surface area contributed by atoms with Crippen molar-refractivity contribution in [1.29, 1.82) is 0 Å². The first kappa shape index (κ1) is 13.8. The standard InChI is InChI=1S/C14H21N3O2/c1-10-6-11(2)16(8-10)9-12-4-5-13(15-3)14(7-12)17(18)19/h4-5,7,10-11,15H,6,8-9H2,1-3H3. The first-order valence-electron chi connectivity index (χ1n) is 6.70. The van der Waals surface area contributed by atoms with Crippen molar-refractivity contribution >= 4 is 11.4 Å². The molecule has 0 aliphatic carbocycles. The Morgan fingerprint density at radius 2 is 2.21 bits per heavy atom. The molecule has 1 heterocycles. The van der Waals surface area contributed by atoms with Gasteiger partial charge in [0.2, 0.25) is 0 Å². The van der Waals surface area contributed by atoms with Gasteiger partial charge in [-0.2, -0.15) is 0 Å². The molecule has 0 saturated carbocycles. The molecule has 2 atom stereocenters. The lowest BCUT2D eigenvalue weighted by molar-refractivity contribution is -0.384. The highest BCUT2D eigenvalue weighted by Gasteiger charge is 2.26. The Morgan fingerprint density at radius 1 is 1.47 bits per heavy atom. The summed E-state index contributed by atoms with van der Waals surface area (Å²) in [5.41, 5.74) is 1.73. The van der Waals surface area contributed by atoms with Crippen molar-refractivity contribution in [1.82, 2.24) is 4.90 Å². The second-order valence-electron chi connectivity index (χ2n) is 5.48. The third-order valence-electron chi connectivity index (χ3n) is 3.83. The van der Waals surface area contributed by atoms with Crippen LogP contribution in [-0.4, -0.2) is 29.5 Å². The number of nitro groups is 1. The van der Waals surface area contributed by atoms with Crippen molar-refractivity contribution in [3.8, 4) is 0 Å². The number of nitro benzene ring substituents is 1. The lowest BCUT2D eigenvalue weighted by Gasteiger charge is -2.21. The molecule has 2 unspecified atom stereocenters. The third kappa shape index (κ3) is 3.04. The van der Waals surface area contributed by atoms with Gasteiger partial charge in [0, 0.05) is 32.2 Å². The summed E-state index contributed by atoms with van der Waals surface area (Å²) in [7, 11) is 1.70. The van der Waals surface area contributed by atoms with Crippen LogP contribution < -0.4 is 5.32 Å². The highest BCUT2D eigenvalue weighted by Crippen LogP contribution is 2.28. The number of likely N-dealkylation sites (tertiary alicyclic amines) is 1. The number of benzene rings is 1. The third-order valence-corrected chi connectivity index (χ3v) is 3.83. The van der Waals surface area contributed by atoms with E-state index in [1.807, 2.05) is 6.07 Å². The maximum atomic E-state index is 11.0. The Hall–Kier alpha value is -1.62. The van der Waals surface area contributed by atoms with Crippen LogP contribution in [0.1, 0.15) is 25.8 Å². The van der Waals surface area contributed by atoms with Gasteiger partial charge in [0.15, 0.2) is 0 Å². The SMILES string of the molecule is CNc1ccc(CN2CC(C)CC2C)cc1[N+](=O)[O-]. The second kappa shape index (κ2) is 5.57. The van der Waals surface area contributed by atoms with Gasteiger partial charge in [-0.05, 0) is 30.9 Å². The van der Waals surface area contributed by atoms with Gasteiger partial charge < -0.3 is 5.32 Å². The molecule has 0 aromatic heterocycles. The molecule has 0 spiro atoms. The monoisotopic (exact) mass is 263 g/mol. The molecule has 1 aromatic carbocycles. The predicted molar refractivity (Wildman–Crippen MR) is 76.3 cm³/mol. The van der Waals surface area contributed by atoms with Gasteiger partial charge in [-0.15, -0.1) is 0 Å². The van der Waals surface area contributed by atoms with E-state index in [0.717, 1.165) is 18.7 Å². The van der Waals surface area contributed by atoms with Crippen LogP contribution in [0.3, 0.4) is 0 Å². The van der Waals surface area contributed by atoms with Crippen LogP contribution in [0.2, 0.25) is 0 Å². The van der Waals surface area contributed by atoms with E-state index in [0.29, 0.717) is 17.6 Å². The fourth-order valence-corrected chi connectivity index (χ4v) is 2.88. The molecule has 1 aliphatic rings. The van der Waals surface area contributed by atoms with Crippen LogP contribution in [0.15, 0.2) is 18.2 Å². The lowest BCUT2D eigenvalue weighted by atomic mass is 10.1. The lowest BCUT2D eigenvalue weighted by Crippen LogP contribution is -2.26. The second-order valence-corrected chi connectivity index (χ2v) is 5.48. The van der Waals surface area contributed by atoms with Crippen LogP contribution in [0.5, 0.6) is 0 Å². The van der Waals surface area contributed by atoms with Crippen molar-refractivity contribution in [2.24, 2.45) is 5.92 Å². The minimum atomic E-state index is -0.328. The van der Waals surface area contributed by atoms with Crippen LogP contribution >= 0.6 is 0 Å². The van der Waals surface area contributed by atoms with Crippen LogP contribution in [0.25, 0.3) is 0 Å². The van der Waals surface area contributed by atoms with E-state index in [-0.39, 0.29) is 10.6 Å². The molecule has 0 amide bonds. The van der Waals surface area contributed by atoms with Crippen molar-refractivity contribution in [2.45, 2.75) is 32.9 Å². The van der Waals surface area contributed by atoms with E-state index >= 15 is 0 Å². The Labute approximate surface area is 113 Å². The first-order chi connectivity index (χ1) is 9.01. The Morgan fingerprint density at radius 3 is 2.74 bits per heavy atom. The normalized spacial score (nSPS) is 23.5. The quantitative estimate of drug-likeness (QED) is 0.670. The number of anilines is 1. The van der Waals surface area contributed by atoms with Crippen molar-refractivity contribution < 1.29 is 4.92 Å². The smallest absolute Gasteiger partial charge is 0.292 e. The average Bonchev–Trinajstić information content (AvgIpc) is 2.67. The van der Waals surface area contributed by atoms with Crippen LogP contribution in [-0.2, 0) is 6.54 Å². The maximum absolute atomic E-state index is 11.0. The molecule has 5 heteroatoms. The summed E-state index contributed by atoms with van der Waals surface area (Å²) in [6.07, 6.45) is 1.21. The molecule has 5 nitrogen and oxygen atoms in total. The van der Waals surface area contributed by atoms with Gasteiger partial charge in [-0.3, -0.25) is 15.0 Å². The van der Waals surface area contributed by atoms with E-state index in [1.165, 1.54) is 6.42 Å². The summed E-state index contributed by atoms with van der Waals surface area (Å²) < 4.78 is 0. The maximum Gasteiger partial charge on any atom is 0.292 e. The van der Waals surface area contributed by atoms with Gasteiger partial charge in [0.25, 0.3) is 5.69 Å². The molecule has 0 bridgehead atoms. The van der Waals surface area contributed by atoms with Crippen molar-refractivity contribution in [3.63, 3.8) is 0 Å². The topological polar surface area (TPSA) is 58.4 Å². The van der Waals surface area contributed by atoms with Gasteiger partial charge in [0.1, 0.15) is 5.69 Å². The summed E-state index contributed by atoms with van der Waals surface area (Å²) in [4.78, 5) is 13.1. The van der Waals surface area contributed by atoms with Gasteiger partial charge >= 0.3 is 0 Å². The van der Waals surface area contributed by atoms with Gasteiger partial charge in [-0.1, -0.05) is 13.0 Å².